The summed E-state index contributed by atoms with van der Waals surface area (Å²) >= 11 is 1.54. The summed E-state index contributed by atoms with van der Waals surface area (Å²) in [6, 6.07) is 6.40. The van der Waals surface area contributed by atoms with Gasteiger partial charge in [0.2, 0.25) is 0 Å². The van der Waals surface area contributed by atoms with Crippen LogP contribution in [0.2, 0.25) is 0 Å². The van der Waals surface area contributed by atoms with Gasteiger partial charge < -0.3 is 20.5 Å². The molecule has 3 N–H and O–H groups in total. The van der Waals surface area contributed by atoms with Gasteiger partial charge in [0, 0.05) is 18.8 Å². The maximum absolute atomic E-state index is 12.1. The number of benzene rings is 1. The van der Waals surface area contributed by atoms with Crippen LogP contribution < -0.4 is 15.4 Å². The minimum Gasteiger partial charge on any atom is -0.406 e. The first-order valence-electron chi connectivity index (χ1n) is 8.36. The first kappa shape index (κ1) is 21.7. The monoisotopic (exact) mass is 416 g/mol. The third-order valence-corrected chi connectivity index (χ3v) is 4.52. The van der Waals surface area contributed by atoms with Crippen molar-refractivity contribution in [2.45, 2.75) is 25.1 Å². The van der Waals surface area contributed by atoms with E-state index in [-0.39, 0.29) is 24.8 Å². The standard InChI is InChI=1S/C18H19F3N2O4S/c19-18(20,21)27-15-3-1-14(2-4-15)23-17(26)16(25)22-8-5-12(6-9-24)13-7-10-28-11-13/h1-4,7,10-12,24H,5-6,8-9H2,(H,22,25)(H,23,26)/t12-/m1/s1. The van der Waals surface area contributed by atoms with Crippen molar-refractivity contribution in [3.05, 3.63) is 46.7 Å². The van der Waals surface area contributed by atoms with Crippen LogP contribution in [0, 0.1) is 0 Å². The lowest BCUT2D eigenvalue weighted by Crippen LogP contribution is -2.36. The van der Waals surface area contributed by atoms with Crippen LogP contribution in [0.15, 0.2) is 41.1 Å². The van der Waals surface area contributed by atoms with Gasteiger partial charge in [-0.25, -0.2) is 0 Å². The van der Waals surface area contributed by atoms with Crippen molar-refractivity contribution in [2.24, 2.45) is 0 Å². The number of carbonyl (C=O) groups excluding carboxylic acids is 2. The molecule has 6 nitrogen and oxygen atoms in total. The first-order valence-corrected chi connectivity index (χ1v) is 9.30. The minimum absolute atomic E-state index is 0.0169. The first-order chi connectivity index (χ1) is 13.3. The Morgan fingerprint density at radius 2 is 1.82 bits per heavy atom. The number of hydrogen-bond donors (Lipinski definition) is 3. The second-order valence-electron chi connectivity index (χ2n) is 5.84. The fourth-order valence-corrected chi connectivity index (χ4v) is 3.25. The highest BCUT2D eigenvalue weighted by atomic mass is 32.1. The lowest BCUT2D eigenvalue weighted by molar-refractivity contribution is -0.274. The number of ether oxygens (including phenoxy) is 1. The van der Waals surface area contributed by atoms with Crippen molar-refractivity contribution in [3.8, 4) is 5.75 Å². The third kappa shape index (κ3) is 7.20. The molecule has 0 saturated carbocycles. The van der Waals surface area contributed by atoms with Crippen LogP contribution >= 0.6 is 11.3 Å². The smallest absolute Gasteiger partial charge is 0.406 e. The summed E-state index contributed by atoms with van der Waals surface area (Å²) in [6.07, 6.45) is -3.70. The molecule has 0 saturated heterocycles. The quantitative estimate of drug-likeness (QED) is 0.577. The summed E-state index contributed by atoms with van der Waals surface area (Å²) in [5.74, 6) is -2.15. The van der Waals surface area contributed by atoms with Crippen LogP contribution in [-0.2, 0) is 9.59 Å². The van der Waals surface area contributed by atoms with E-state index in [0.29, 0.717) is 12.8 Å². The molecule has 2 aromatic rings. The van der Waals surface area contributed by atoms with Gasteiger partial charge in [-0.1, -0.05) is 0 Å². The van der Waals surface area contributed by atoms with Gasteiger partial charge in [-0.2, -0.15) is 11.3 Å². The topological polar surface area (TPSA) is 87.7 Å². The van der Waals surface area contributed by atoms with Crippen molar-refractivity contribution < 1.29 is 32.6 Å². The summed E-state index contributed by atoms with van der Waals surface area (Å²) < 4.78 is 40.1. The molecule has 0 spiro atoms. The molecule has 1 aromatic heterocycles. The van der Waals surface area contributed by atoms with Crippen molar-refractivity contribution in [3.63, 3.8) is 0 Å². The van der Waals surface area contributed by atoms with E-state index in [9.17, 15) is 22.8 Å². The van der Waals surface area contributed by atoms with Crippen molar-refractivity contribution >= 4 is 28.8 Å². The van der Waals surface area contributed by atoms with Gasteiger partial charge >= 0.3 is 18.2 Å². The summed E-state index contributed by atoms with van der Waals surface area (Å²) in [6.45, 7) is 0.258. The molecular weight excluding hydrogens is 397 g/mol. The molecule has 2 rings (SSSR count). The lowest BCUT2D eigenvalue weighted by Gasteiger charge is -2.15. The number of carbonyl (C=O) groups is 2. The Kier molecular flexibility index (Phi) is 7.82. The zero-order valence-corrected chi connectivity index (χ0v) is 15.5. The molecule has 0 radical (unpaired) electrons. The van der Waals surface area contributed by atoms with Crippen molar-refractivity contribution in [1.82, 2.24) is 5.32 Å². The molecule has 1 atom stereocenters. The Morgan fingerprint density at radius 1 is 1.11 bits per heavy atom. The maximum atomic E-state index is 12.1. The highest BCUT2D eigenvalue weighted by Gasteiger charge is 2.31. The van der Waals surface area contributed by atoms with Crippen LogP contribution in [0.4, 0.5) is 18.9 Å². The Morgan fingerprint density at radius 3 is 2.39 bits per heavy atom. The van der Waals surface area contributed by atoms with Gasteiger partial charge in [0.1, 0.15) is 5.75 Å². The second-order valence-corrected chi connectivity index (χ2v) is 6.62. The van der Waals surface area contributed by atoms with Gasteiger partial charge in [-0.05, 0) is 65.4 Å². The Hall–Kier alpha value is -2.59. The number of aliphatic hydroxyl groups excluding tert-OH is 1. The van der Waals surface area contributed by atoms with Gasteiger partial charge in [-0.15, -0.1) is 13.2 Å². The summed E-state index contributed by atoms with van der Waals surface area (Å²) in [5.41, 5.74) is 1.23. The maximum Gasteiger partial charge on any atom is 0.573 e. The number of thiophene rings is 1. The fourth-order valence-electron chi connectivity index (χ4n) is 2.51. The Bertz CT molecular complexity index is 764. The Balaban J connectivity index is 1.80. The molecule has 1 heterocycles. The van der Waals surface area contributed by atoms with E-state index < -0.39 is 23.9 Å². The predicted octanol–water partition coefficient (Wildman–Crippen LogP) is 3.26. The zero-order valence-electron chi connectivity index (χ0n) is 14.7. The minimum atomic E-state index is -4.80. The molecule has 0 aliphatic carbocycles. The number of halogens is 3. The average molecular weight is 416 g/mol. The fraction of sp³-hybridized carbons (Fsp3) is 0.333. The zero-order chi connectivity index (χ0) is 20.6. The summed E-state index contributed by atoms with van der Waals surface area (Å²) in [5, 5.41) is 17.8. The van der Waals surface area contributed by atoms with Crippen LogP contribution in [0.3, 0.4) is 0 Å². The Labute approximate surface area is 163 Å². The predicted molar refractivity (Wildman–Crippen MR) is 98.1 cm³/mol. The van der Waals surface area contributed by atoms with Crippen LogP contribution in [0.25, 0.3) is 0 Å². The molecule has 28 heavy (non-hydrogen) atoms. The molecule has 10 heteroatoms. The molecule has 0 fully saturated rings. The number of anilines is 1. The normalized spacial score (nSPS) is 12.3. The van der Waals surface area contributed by atoms with Gasteiger partial charge in [-0.3, -0.25) is 9.59 Å². The largest absolute Gasteiger partial charge is 0.573 e. The average Bonchev–Trinajstić information content (AvgIpc) is 3.15. The number of aliphatic hydroxyl groups is 1. The van der Waals surface area contributed by atoms with E-state index in [2.05, 4.69) is 15.4 Å². The van der Waals surface area contributed by atoms with E-state index >= 15 is 0 Å². The number of hydrogen-bond acceptors (Lipinski definition) is 5. The molecule has 1 aromatic carbocycles. The molecule has 2 amide bonds. The molecule has 152 valence electrons. The number of rotatable bonds is 8. The molecule has 0 aliphatic rings. The van der Waals surface area contributed by atoms with Crippen LogP contribution in [0.1, 0.15) is 24.3 Å². The van der Waals surface area contributed by atoms with Crippen LogP contribution in [-0.4, -0.2) is 36.4 Å². The van der Waals surface area contributed by atoms with E-state index in [1.54, 1.807) is 0 Å². The van der Waals surface area contributed by atoms with Gasteiger partial charge in [0.25, 0.3) is 0 Å². The van der Waals surface area contributed by atoms with E-state index in [0.717, 1.165) is 17.7 Å². The van der Waals surface area contributed by atoms with Crippen molar-refractivity contribution in [2.75, 3.05) is 18.5 Å². The summed E-state index contributed by atoms with van der Waals surface area (Å²) in [7, 11) is 0. The molecular formula is C18H19F3N2O4S. The second kappa shape index (κ2) is 10.1. The SMILES string of the molecule is O=C(NCC[C@H](CCO)c1ccsc1)C(=O)Nc1ccc(OC(F)(F)F)cc1. The number of amides is 2. The molecule has 0 bridgehead atoms. The van der Waals surface area contributed by atoms with E-state index in [1.165, 1.54) is 23.5 Å². The van der Waals surface area contributed by atoms with Crippen molar-refractivity contribution in [1.29, 1.82) is 0 Å². The highest BCUT2D eigenvalue weighted by molar-refractivity contribution is 7.07. The summed E-state index contributed by atoms with van der Waals surface area (Å²) in [4.78, 5) is 23.8. The van der Waals surface area contributed by atoms with Gasteiger partial charge in [0.05, 0.1) is 0 Å². The third-order valence-electron chi connectivity index (χ3n) is 3.82. The highest BCUT2D eigenvalue weighted by Crippen LogP contribution is 2.25. The van der Waals surface area contributed by atoms with E-state index in [1.807, 2.05) is 16.8 Å². The molecule has 0 unspecified atom stereocenters. The molecule has 0 aliphatic heterocycles. The van der Waals surface area contributed by atoms with Gasteiger partial charge in [0.15, 0.2) is 0 Å². The number of alkyl halides is 3. The lowest BCUT2D eigenvalue weighted by atomic mass is 9.95. The number of nitrogens with one attached hydrogen (secondary N) is 2. The van der Waals surface area contributed by atoms with E-state index in [4.69, 9.17) is 5.11 Å². The van der Waals surface area contributed by atoms with Crippen LogP contribution in [0.5, 0.6) is 5.75 Å².